The van der Waals surface area contributed by atoms with Crippen molar-refractivity contribution in [3.05, 3.63) is 31.3 Å². The molecule has 0 amide bonds. The topological polar surface area (TPSA) is 197 Å². The van der Waals surface area contributed by atoms with Gasteiger partial charge in [-0.15, -0.1) is 0 Å². The summed E-state index contributed by atoms with van der Waals surface area (Å²) in [6.07, 6.45) is 0. The Hall–Kier alpha value is -2.32. The largest absolute Gasteiger partial charge is 0.304 e. The van der Waals surface area contributed by atoms with Crippen molar-refractivity contribution in [3.8, 4) is 0 Å². The molecule has 13 heteroatoms. The molecule has 2 N–H and O–H groups in total. The first-order chi connectivity index (χ1) is 8.24. The van der Waals surface area contributed by atoms with Gasteiger partial charge in [-0.3, -0.25) is 0 Å². The molecule has 0 saturated carbocycles. The van der Waals surface area contributed by atoms with Crippen LogP contribution in [0.4, 0.5) is 0 Å². The van der Waals surface area contributed by atoms with Crippen LogP contribution in [0.1, 0.15) is 0 Å². The van der Waals surface area contributed by atoms with Crippen LogP contribution in [0.3, 0.4) is 0 Å². The van der Waals surface area contributed by atoms with E-state index in [4.69, 9.17) is 22.4 Å². The maximum atomic E-state index is 8.27. The fourth-order valence-electron chi connectivity index (χ4n) is 0.828. The highest BCUT2D eigenvalue weighted by atomic mass is 32.2. The second-order valence-corrected chi connectivity index (χ2v) is 3.85. The minimum Gasteiger partial charge on any atom is -0.304 e. The van der Waals surface area contributed by atoms with Crippen molar-refractivity contribution in [1.29, 1.82) is 0 Å². The van der Waals surface area contributed by atoms with E-state index in [1.165, 1.54) is 0 Å². The smallest absolute Gasteiger partial charge is 0.0565 e. The molecule has 0 atom stereocenters. The maximum Gasteiger partial charge on any atom is 0.0565 e. The molecule has 0 bridgehead atoms. The average molecular weight is 256 g/mol. The zero-order valence-electron chi connectivity index (χ0n) is 8.53. The van der Waals surface area contributed by atoms with Gasteiger partial charge in [0.05, 0.1) is 4.75 Å². The van der Waals surface area contributed by atoms with Gasteiger partial charge in [-0.25, -0.2) is 0 Å². The van der Waals surface area contributed by atoms with Crippen LogP contribution in [0.25, 0.3) is 31.3 Å². The van der Waals surface area contributed by atoms with Crippen LogP contribution in [0.15, 0.2) is 25.1 Å². The van der Waals surface area contributed by atoms with Crippen LogP contribution in [-0.2, 0) is 0 Å². The quantitative estimate of drug-likeness (QED) is 0.174. The van der Waals surface area contributed by atoms with E-state index in [9.17, 15) is 0 Å². The fourth-order valence-corrected chi connectivity index (χ4v) is 1.40. The molecule has 0 aliphatic rings. The van der Waals surface area contributed by atoms with Gasteiger partial charge in [0, 0.05) is 46.3 Å². The lowest BCUT2D eigenvalue weighted by Crippen LogP contribution is -2.35. The Morgan fingerprint density at radius 2 is 1.35 bits per heavy atom. The summed E-state index contributed by atoms with van der Waals surface area (Å²) >= 11 is 0.828. The first-order valence-corrected chi connectivity index (χ1v) is 4.83. The van der Waals surface area contributed by atoms with Crippen LogP contribution < -0.4 is 5.84 Å². The predicted molar refractivity (Wildman–Crippen MR) is 61.4 cm³/mol. The Labute approximate surface area is 99.3 Å². The number of nitrogens with zero attached hydrogens (tertiary/aromatic N) is 11. The molecule has 0 saturated heterocycles. The van der Waals surface area contributed by atoms with Crippen molar-refractivity contribution in [2.24, 2.45) is 30.9 Å². The molecule has 0 aliphatic carbocycles. The summed E-state index contributed by atoms with van der Waals surface area (Å²) < 4.78 is 2.49. The molecule has 0 aromatic carbocycles. The number of hydrogen-bond donors (Lipinski definition) is 1. The Balaban J connectivity index is 5.05. The Morgan fingerprint density at radius 1 is 0.941 bits per heavy atom. The van der Waals surface area contributed by atoms with E-state index in [1.54, 1.807) is 0 Å². The molecule has 0 heterocycles. The second kappa shape index (κ2) is 8.95. The van der Waals surface area contributed by atoms with Gasteiger partial charge in [-0.05, 0) is 16.6 Å². The van der Waals surface area contributed by atoms with Gasteiger partial charge in [0.15, 0.2) is 0 Å². The summed E-state index contributed by atoms with van der Waals surface area (Å²) in [5.41, 5.74) is 24.8. The molecule has 90 valence electrons. The molecule has 0 radical (unpaired) electrons. The van der Waals surface area contributed by atoms with Crippen LogP contribution in [0.5, 0.6) is 0 Å². The second-order valence-electron chi connectivity index (χ2n) is 2.64. The standard InChI is InChI=1S/C4H8N12S/c5-12-9-1-4(2-10-13-6,3-11-14-7)17-16-15-8/h1-3H2,(H2,8,16). The van der Waals surface area contributed by atoms with Gasteiger partial charge in [-0.1, -0.05) is 25.1 Å². The van der Waals surface area contributed by atoms with Gasteiger partial charge in [0.1, 0.15) is 0 Å². The van der Waals surface area contributed by atoms with Gasteiger partial charge in [0.25, 0.3) is 0 Å². The molecule has 12 nitrogen and oxygen atoms in total. The SMILES string of the molecule is [N-]=[N+]=NCC(CN=[N+]=[N-])(CN=[N+]=[N-])SN=NN. The van der Waals surface area contributed by atoms with Crippen molar-refractivity contribution >= 4 is 11.9 Å². The molecular formula is C4H8N12S. The van der Waals surface area contributed by atoms with Crippen molar-refractivity contribution in [1.82, 2.24) is 0 Å². The summed E-state index contributed by atoms with van der Waals surface area (Å²) in [4.78, 5) is 7.75. The highest BCUT2D eigenvalue weighted by Crippen LogP contribution is 2.28. The van der Waals surface area contributed by atoms with Crippen LogP contribution in [-0.4, -0.2) is 24.4 Å². The van der Waals surface area contributed by atoms with Crippen molar-refractivity contribution < 1.29 is 0 Å². The molecule has 0 aliphatic heterocycles. The molecule has 0 aromatic heterocycles. The van der Waals surface area contributed by atoms with Gasteiger partial charge in [0.2, 0.25) is 0 Å². The fraction of sp³-hybridized carbons (Fsp3) is 1.00. The lowest BCUT2D eigenvalue weighted by Gasteiger charge is -2.24. The number of azide groups is 3. The third-order valence-electron chi connectivity index (χ3n) is 1.55. The number of hydrogen-bond acceptors (Lipinski definition) is 6. The summed E-state index contributed by atoms with van der Waals surface area (Å²) in [7, 11) is 0. The zero-order valence-corrected chi connectivity index (χ0v) is 9.34. The molecule has 0 spiro atoms. The minimum atomic E-state index is -0.979. The van der Waals surface area contributed by atoms with E-state index in [0.29, 0.717) is 0 Å². The molecule has 0 aromatic rings. The molecule has 0 fully saturated rings. The summed E-state index contributed by atoms with van der Waals surface area (Å²) in [6.45, 7) is -0.234. The van der Waals surface area contributed by atoms with E-state index in [0.717, 1.165) is 11.9 Å². The third-order valence-corrected chi connectivity index (χ3v) is 2.50. The highest BCUT2D eigenvalue weighted by Gasteiger charge is 2.30. The average Bonchev–Trinajstić information content (AvgIpc) is 2.37. The first-order valence-electron chi connectivity index (χ1n) is 4.05. The van der Waals surface area contributed by atoms with E-state index < -0.39 is 4.75 Å². The van der Waals surface area contributed by atoms with E-state index >= 15 is 0 Å². The lowest BCUT2D eigenvalue weighted by molar-refractivity contribution is 0.610. The minimum absolute atomic E-state index is 0.0781. The third kappa shape index (κ3) is 5.97. The normalized spacial score (nSPS) is 12.9. The summed E-state index contributed by atoms with van der Waals surface area (Å²) in [6, 6.07) is 0. The van der Waals surface area contributed by atoms with E-state index in [-0.39, 0.29) is 19.6 Å². The first kappa shape index (κ1) is 14.7. The number of nitrogens with two attached hydrogens (primary N) is 1. The van der Waals surface area contributed by atoms with Crippen LogP contribution in [0, 0.1) is 0 Å². The van der Waals surface area contributed by atoms with Gasteiger partial charge >= 0.3 is 0 Å². The zero-order chi connectivity index (χ0) is 13.0. The molecular weight excluding hydrogens is 248 g/mol. The van der Waals surface area contributed by atoms with Gasteiger partial charge in [-0.2, -0.15) is 0 Å². The summed E-state index contributed by atoms with van der Waals surface area (Å²) in [5.74, 6) is 4.85. The van der Waals surface area contributed by atoms with Crippen LogP contribution in [0.2, 0.25) is 0 Å². The van der Waals surface area contributed by atoms with E-state index in [1.807, 2.05) is 0 Å². The number of rotatable bonds is 8. The Bertz CT molecular complexity index is 344. The van der Waals surface area contributed by atoms with Crippen LogP contribution >= 0.6 is 11.9 Å². The van der Waals surface area contributed by atoms with Crippen molar-refractivity contribution in [2.75, 3.05) is 19.6 Å². The molecule has 0 rings (SSSR count). The monoisotopic (exact) mass is 256 g/mol. The highest BCUT2D eigenvalue weighted by molar-refractivity contribution is 7.99. The predicted octanol–water partition coefficient (Wildman–Crippen LogP) is 2.63. The summed E-state index contributed by atoms with van der Waals surface area (Å²) in [5, 5.41) is 13.1. The Morgan fingerprint density at radius 3 is 1.65 bits per heavy atom. The Kier molecular flexibility index (Phi) is 7.73. The van der Waals surface area contributed by atoms with E-state index in [2.05, 4.69) is 39.8 Å². The van der Waals surface area contributed by atoms with Crippen molar-refractivity contribution in [2.45, 2.75) is 4.75 Å². The molecule has 0 unspecified atom stereocenters. The lowest BCUT2D eigenvalue weighted by atomic mass is 10.1. The van der Waals surface area contributed by atoms with Crippen molar-refractivity contribution in [3.63, 3.8) is 0 Å². The van der Waals surface area contributed by atoms with Gasteiger partial charge < -0.3 is 5.84 Å². The maximum absolute atomic E-state index is 8.27. The molecule has 17 heavy (non-hydrogen) atoms.